The second-order valence-corrected chi connectivity index (χ2v) is 6.12. The minimum atomic E-state index is -0.424. The number of primary amides is 1. The lowest BCUT2D eigenvalue weighted by atomic mass is 10.1. The number of nitrogens with zero attached hydrogens (tertiary/aromatic N) is 4. The van der Waals surface area contributed by atoms with E-state index < -0.39 is 5.91 Å². The summed E-state index contributed by atoms with van der Waals surface area (Å²) >= 11 is 0. The van der Waals surface area contributed by atoms with Gasteiger partial charge in [0.25, 0.3) is 0 Å². The largest absolute Gasteiger partial charge is 0.368 e. The number of hydrogen-bond donors (Lipinski definition) is 1. The Labute approximate surface area is 156 Å². The van der Waals surface area contributed by atoms with Crippen molar-refractivity contribution in [1.29, 1.82) is 0 Å². The van der Waals surface area contributed by atoms with Crippen LogP contribution in [0.1, 0.15) is 0 Å². The fourth-order valence-corrected chi connectivity index (χ4v) is 2.85. The van der Waals surface area contributed by atoms with Gasteiger partial charge in [-0.1, -0.05) is 48.5 Å². The molecule has 0 saturated carbocycles. The highest BCUT2D eigenvalue weighted by atomic mass is 16.1. The van der Waals surface area contributed by atoms with Crippen LogP contribution < -0.4 is 5.73 Å². The number of nitrogens with two attached hydrogens (primary N) is 1. The van der Waals surface area contributed by atoms with Gasteiger partial charge in [0, 0.05) is 22.9 Å². The van der Waals surface area contributed by atoms with Crippen LogP contribution in [0.25, 0.3) is 33.8 Å². The van der Waals surface area contributed by atoms with Gasteiger partial charge in [0.15, 0.2) is 0 Å². The first-order valence-electron chi connectivity index (χ1n) is 8.51. The monoisotopic (exact) mass is 355 g/mol. The van der Waals surface area contributed by atoms with Crippen LogP contribution in [0.2, 0.25) is 0 Å². The number of benzene rings is 2. The van der Waals surface area contributed by atoms with Gasteiger partial charge in [-0.2, -0.15) is 5.10 Å². The Bertz CT molecular complexity index is 1070. The van der Waals surface area contributed by atoms with Crippen LogP contribution in [-0.4, -0.2) is 25.9 Å². The van der Waals surface area contributed by atoms with E-state index in [1.807, 2.05) is 72.8 Å². The van der Waals surface area contributed by atoms with E-state index >= 15 is 0 Å². The fraction of sp³-hybridized carbons (Fsp3) is 0.0476. The SMILES string of the molecule is NC(=O)Cn1ccc(-c2cccc(-c3ccc(-c4ccccc4)nn3)c2)n1. The molecule has 0 unspecified atom stereocenters. The van der Waals surface area contributed by atoms with Crippen molar-refractivity contribution in [2.24, 2.45) is 5.73 Å². The second-order valence-electron chi connectivity index (χ2n) is 6.12. The maximum atomic E-state index is 11.0. The van der Waals surface area contributed by atoms with E-state index in [1.165, 1.54) is 4.68 Å². The van der Waals surface area contributed by atoms with Crippen molar-refractivity contribution >= 4 is 5.91 Å². The van der Waals surface area contributed by atoms with Crippen LogP contribution >= 0.6 is 0 Å². The summed E-state index contributed by atoms with van der Waals surface area (Å²) in [6, 6.07) is 23.6. The van der Waals surface area contributed by atoms with E-state index in [-0.39, 0.29) is 6.54 Å². The quantitative estimate of drug-likeness (QED) is 0.596. The number of rotatable bonds is 5. The molecule has 1 amide bonds. The van der Waals surface area contributed by atoms with Crippen LogP contribution in [0.3, 0.4) is 0 Å². The highest BCUT2D eigenvalue weighted by Crippen LogP contribution is 2.25. The lowest BCUT2D eigenvalue weighted by Gasteiger charge is -2.05. The number of hydrogen-bond acceptors (Lipinski definition) is 4. The van der Waals surface area contributed by atoms with Crippen LogP contribution in [0.5, 0.6) is 0 Å². The van der Waals surface area contributed by atoms with Crippen molar-refractivity contribution in [2.45, 2.75) is 6.54 Å². The molecular formula is C21H17N5O. The highest BCUT2D eigenvalue weighted by Gasteiger charge is 2.08. The van der Waals surface area contributed by atoms with Crippen molar-refractivity contribution in [2.75, 3.05) is 0 Å². The van der Waals surface area contributed by atoms with E-state index in [1.54, 1.807) is 6.20 Å². The molecule has 0 aliphatic heterocycles. The molecular weight excluding hydrogens is 338 g/mol. The molecule has 0 radical (unpaired) electrons. The van der Waals surface area contributed by atoms with Gasteiger partial charge in [0.2, 0.25) is 5.91 Å². The van der Waals surface area contributed by atoms with Gasteiger partial charge in [-0.15, -0.1) is 10.2 Å². The molecule has 0 fully saturated rings. The minimum absolute atomic E-state index is 0.0616. The van der Waals surface area contributed by atoms with Gasteiger partial charge in [-0.25, -0.2) is 0 Å². The molecule has 0 aliphatic carbocycles. The molecule has 4 rings (SSSR count). The third-order valence-corrected chi connectivity index (χ3v) is 4.15. The third-order valence-electron chi connectivity index (χ3n) is 4.15. The standard InChI is InChI=1S/C21H17N5O/c22-21(27)14-26-12-11-20(25-26)17-8-4-7-16(13-17)19-10-9-18(23-24-19)15-5-2-1-3-6-15/h1-13H,14H2,(H2,22,27). The predicted octanol–water partition coefficient (Wildman–Crippen LogP) is 3.16. The molecule has 2 aromatic carbocycles. The molecule has 0 saturated heterocycles. The summed E-state index contributed by atoms with van der Waals surface area (Å²) in [7, 11) is 0. The van der Waals surface area contributed by atoms with E-state index in [0.29, 0.717) is 0 Å². The molecule has 0 aliphatic rings. The summed E-state index contributed by atoms with van der Waals surface area (Å²) in [6.45, 7) is 0.0616. The number of carbonyl (C=O) groups excluding carboxylic acids is 1. The minimum Gasteiger partial charge on any atom is -0.368 e. The van der Waals surface area contributed by atoms with E-state index in [9.17, 15) is 4.79 Å². The van der Waals surface area contributed by atoms with Crippen LogP contribution in [-0.2, 0) is 11.3 Å². The first-order chi connectivity index (χ1) is 13.2. The van der Waals surface area contributed by atoms with Gasteiger partial charge in [0.05, 0.1) is 17.1 Å². The molecule has 2 heterocycles. The molecule has 27 heavy (non-hydrogen) atoms. The fourth-order valence-electron chi connectivity index (χ4n) is 2.85. The highest BCUT2D eigenvalue weighted by molar-refractivity contribution is 5.74. The van der Waals surface area contributed by atoms with Crippen molar-refractivity contribution in [3.63, 3.8) is 0 Å². The van der Waals surface area contributed by atoms with Crippen molar-refractivity contribution in [3.8, 4) is 33.8 Å². The topological polar surface area (TPSA) is 86.7 Å². The van der Waals surface area contributed by atoms with Gasteiger partial charge >= 0.3 is 0 Å². The smallest absolute Gasteiger partial charge is 0.239 e. The molecule has 4 aromatic rings. The Kier molecular flexibility index (Phi) is 4.45. The maximum absolute atomic E-state index is 11.0. The molecule has 0 bridgehead atoms. The summed E-state index contributed by atoms with van der Waals surface area (Å²) in [5.74, 6) is -0.424. The molecule has 2 N–H and O–H groups in total. The summed E-state index contributed by atoms with van der Waals surface area (Å²) in [5.41, 5.74) is 10.5. The Morgan fingerprint density at radius 1 is 0.778 bits per heavy atom. The normalized spacial score (nSPS) is 10.7. The lowest BCUT2D eigenvalue weighted by Crippen LogP contribution is -2.18. The average Bonchev–Trinajstić information content (AvgIpc) is 3.17. The Morgan fingerprint density at radius 3 is 2.07 bits per heavy atom. The molecule has 132 valence electrons. The van der Waals surface area contributed by atoms with E-state index in [2.05, 4.69) is 15.3 Å². The van der Waals surface area contributed by atoms with Crippen molar-refractivity contribution in [1.82, 2.24) is 20.0 Å². The van der Waals surface area contributed by atoms with Gasteiger partial charge in [-0.05, 0) is 24.3 Å². The molecule has 6 heteroatoms. The van der Waals surface area contributed by atoms with Crippen LogP contribution in [0, 0.1) is 0 Å². The first kappa shape index (κ1) is 16.7. The third kappa shape index (κ3) is 3.74. The van der Waals surface area contributed by atoms with Gasteiger partial charge < -0.3 is 5.73 Å². The first-order valence-corrected chi connectivity index (χ1v) is 8.51. The molecule has 0 atom stereocenters. The number of aromatic nitrogens is 4. The van der Waals surface area contributed by atoms with E-state index in [4.69, 9.17) is 5.73 Å². The van der Waals surface area contributed by atoms with E-state index in [0.717, 1.165) is 33.8 Å². The molecule has 0 spiro atoms. The second kappa shape index (κ2) is 7.21. The van der Waals surface area contributed by atoms with Crippen LogP contribution in [0.15, 0.2) is 79.0 Å². The summed E-state index contributed by atoms with van der Waals surface area (Å²) in [6.07, 6.45) is 1.74. The van der Waals surface area contributed by atoms with Gasteiger partial charge in [0.1, 0.15) is 6.54 Å². The zero-order valence-corrected chi connectivity index (χ0v) is 14.5. The Morgan fingerprint density at radius 2 is 1.41 bits per heavy atom. The summed E-state index contributed by atoms with van der Waals surface area (Å²) < 4.78 is 1.53. The Hall–Kier alpha value is -3.80. The molecule has 2 aromatic heterocycles. The zero-order chi connectivity index (χ0) is 18.6. The zero-order valence-electron chi connectivity index (χ0n) is 14.5. The summed E-state index contributed by atoms with van der Waals surface area (Å²) in [4.78, 5) is 11.0. The average molecular weight is 355 g/mol. The van der Waals surface area contributed by atoms with Crippen LogP contribution in [0.4, 0.5) is 0 Å². The van der Waals surface area contributed by atoms with Crippen molar-refractivity contribution in [3.05, 3.63) is 79.0 Å². The summed E-state index contributed by atoms with van der Waals surface area (Å²) in [5, 5.41) is 13.1. The van der Waals surface area contributed by atoms with Gasteiger partial charge in [-0.3, -0.25) is 9.48 Å². The van der Waals surface area contributed by atoms with Crippen molar-refractivity contribution < 1.29 is 4.79 Å². The number of amides is 1. The Balaban J connectivity index is 1.61. The lowest BCUT2D eigenvalue weighted by molar-refractivity contribution is -0.118. The molecule has 6 nitrogen and oxygen atoms in total. The maximum Gasteiger partial charge on any atom is 0.239 e. The predicted molar refractivity (Wildman–Crippen MR) is 103 cm³/mol. The number of carbonyl (C=O) groups is 1.